The molecule has 1 aromatic heterocycles. The number of aromatic nitrogens is 2. The minimum Gasteiger partial charge on any atom is -0.361 e. The van der Waals surface area contributed by atoms with Gasteiger partial charge in [0, 0.05) is 30.3 Å². The molecule has 2 aromatic carbocycles. The van der Waals surface area contributed by atoms with Crippen molar-refractivity contribution in [3.05, 3.63) is 66.7 Å². The molecule has 2 atom stereocenters. The van der Waals surface area contributed by atoms with Gasteiger partial charge in [0.05, 0.1) is 12.2 Å². The van der Waals surface area contributed by atoms with Gasteiger partial charge in [-0.2, -0.15) is 0 Å². The van der Waals surface area contributed by atoms with Crippen LogP contribution in [0.1, 0.15) is 20.3 Å². The lowest BCUT2D eigenvalue weighted by Gasteiger charge is -2.35. The van der Waals surface area contributed by atoms with Crippen LogP contribution in [0.4, 0.5) is 5.82 Å². The van der Waals surface area contributed by atoms with E-state index >= 15 is 0 Å². The van der Waals surface area contributed by atoms with Crippen molar-refractivity contribution in [1.29, 1.82) is 0 Å². The molecule has 5 nitrogen and oxygen atoms in total. The van der Waals surface area contributed by atoms with Crippen LogP contribution in [0.3, 0.4) is 0 Å². The fourth-order valence-electron chi connectivity index (χ4n) is 4.16. The van der Waals surface area contributed by atoms with E-state index in [0.29, 0.717) is 23.5 Å². The quantitative estimate of drug-likeness (QED) is 0.673. The van der Waals surface area contributed by atoms with Gasteiger partial charge in [0.25, 0.3) is 0 Å². The average molecular weight is 401 g/mol. The molecule has 0 bridgehead atoms. The van der Waals surface area contributed by atoms with Crippen molar-refractivity contribution in [2.24, 2.45) is 11.8 Å². The van der Waals surface area contributed by atoms with Gasteiger partial charge in [-0.05, 0) is 18.3 Å². The maximum atomic E-state index is 12.8. The number of likely N-dealkylation sites (tertiary alicyclic amines) is 1. The summed E-state index contributed by atoms with van der Waals surface area (Å²) in [5, 5.41) is 3.25. The Hall–Kier alpha value is -3.21. The maximum Gasteiger partial charge on any atom is 0.241 e. The van der Waals surface area contributed by atoms with E-state index in [1.165, 1.54) is 6.42 Å². The van der Waals surface area contributed by atoms with E-state index < -0.39 is 0 Å². The summed E-state index contributed by atoms with van der Waals surface area (Å²) in [6.07, 6.45) is 1.18. The highest BCUT2D eigenvalue weighted by Crippen LogP contribution is 2.25. The molecule has 1 saturated heterocycles. The number of hydrogen-bond donors (Lipinski definition) is 1. The zero-order valence-corrected chi connectivity index (χ0v) is 17.6. The topological polar surface area (TPSA) is 58.1 Å². The second-order valence-electron chi connectivity index (χ2n) is 8.29. The first-order valence-electron chi connectivity index (χ1n) is 10.6. The molecule has 3 aromatic rings. The zero-order chi connectivity index (χ0) is 20.9. The van der Waals surface area contributed by atoms with Gasteiger partial charge in [-0.3, -0.25) is 4.79 Å². The molecule has 5 heteroatoms. The molecule has 0 saturated carbocycles. The number of piperidine rings is 1. The van der Waals surface area contributed by atoms with Crippen molar-refractivity contribution >= 4 is 11.7 Å². The highest BCUT2D eigenvalue weighted by Gasteiger charge is 2.25. The maximum absolute atomic E-state index is 12.8. The molecule has 154 valence electrons. The first-order valence-corrected chi connectivity index (χ1v) is 10.6. The van der Waals surface area contributed by atoms with E-state index in [9.17, 15) is 4.79 Å². The summed E-state index contributed by atoms with van der Waals surface area (Å²) in [6, 6.07) is 21.9. The number of carbonyl (C=O) groups is 1. The van der Waals surface area contributed by atoms with Crippen LogP contribution >= 0.6 is 0 Å². The van der Waals surface area contributed by atoms with Crippen molar-refractivity contribution in [3.8, 4) is 22.6 Å². The number of amides is 1. The van der Waals surface area contributed by atoms with Gasteiger partial charge in [-0.25, -0.2) is 9.97 Å². The van der Waals surface area contributed by atoms with Crippen molar-refractivity contribution in [1.82, 2.24) is 14.9 Å². The van der Waals surface area contributed by atoms with Crippen LogP contribution in [0.2, 0.25) is 0 Å². The summed E-state index contributed by atoms with van der Waals surface area (Å²) in [5.74, 6) is 2.52. The van der Waals surface area contributed by atoms with Gasteiger partial charge < -0.3 is 10.2 Å². The van der Waals surface area contributed by atoms with Gasteiger partial charge in [0.2, 0.25) is 5.91 Å². The largest absolute Gasteiger partial charge is 0.361 e. The Morgan fingerprint density at radius 1 is 0.933 bits per heavy atom. The predicted octanol–water partition coefficient (Wildman–Crippen LogP) is 4.73. The standard InChI is InChI=1S/C25H28N4O/c1-18-13-19(2)17-29(16-18)24(30)15-26-23-14-22(20-9-5-3-6-10-20)27-25(28-23)21-11-7-4-8-12-21/h3-12,14,18-19H,13,15-17H2,1-2H3,(H,26,27,28). The van der Waals surface area contributed by atoms with E-state index in [4.69, 9.17) is 4.98 Å². The Morgan fingerprint density at radius 3 is 2.17 bits per heavy atom. The fraction of sp³-hybridized carbons (Fsp3) is 0.320. The minimum atomic E-state index is 0.120. The molecule has 1 amide bonds. The van der Waals surface area contributed by atoms with Crippen molar-refractivity contribution in [2.75, 3.05) is 25.0 Å². The summed E-state index contributed by atoms with van der Waals surface area (Å²) in [4.78, 5) is 24.2. The number of benzene rings is 2. The number of carbonyl (C=O) groups excluding carboxylic acids is 1. The van der Waals surface area contributed by atoms with E-state index in [1.54, 1.807) is 0 Å². The molecular formula is C25H28N4O. The first-order chi connectivity index (χ1) is 14.6. The van der Waals surface area contributed by atoms with Crippen molar-refractivity contribution in [2.45, 2.75) is 20.3 Å². The summed E-state index contributed by atoms with van der Waals surface area (Å²) in [6.45, 7) is 6.33. The van der Waals surface area contributed by atoms with Crippen LogP contribution in [-0.2, 0) is 4.79 Å². The number of rotatable bonds is 5. The number of anilines is 1. The third kappa shape index (κ3) is 4.85. The smallest absolute Gasteiger partial charge is 0.241 e. The van der Waals surface area contributed by atoms with Crippen LogP contribution in [0, 0.1) is 11.8 Å². The molecule has 1 fully saturated rings. The highest BCUT2D eigenvalue weighted by molar-refractivity contribution is 5.81. The van der Waals surface area contributed by atoms with Gasteiger partial charge in [0.15, 0.2) is 5.82 Å². The predicted molar refractivity (Wildman–Crippen MR) is 121 cm³/mol. The normalized spacial score (nSPS) is 18.8. The molecule has 0 spiro atoms. The monoisotopic (exact) mass is 400 g/mol. The van der Waals surface area contributed by atoms with Gasteiger partial charge in [-0.1, -0.05) is 74.5 Å². The molecule has 1 aliphatic heterocycles. The molecule has 30 heavy (non-hydrogen) atoms. The molecular weight excluding hydrogens is 372 g/mol. The third-order valence-corrected chi connectivity index (χ3v) is 5.47. The van der Waals surface area contributed by atoms with Gasteiger partial charge in [-0.15, -0.1) is 0 Å². The Balaban J connectivity index is 1.57. The van der Waals surface area contributed by atoms with Crippen molar-refractivity contribution < 1.29 is 4.79 Å². The lowest BCUT2D eigenvalue weighted by molar-refractivity contribution is -0.131. The number of nitrogens with one attached hydrogen (secondary N) is 1. The van der Waals surface area contributed by atoms with Crippen LogP contribution in [-0.4, -0.2) is 40.4 Å². The van der Waals surface area contributed by atoms with Gasteiger partial charge >= 0.3 is 0 Å². The molecule has 0 radical (unpaired) electrons. The lowest BCUT2D eigenvalue weighted by Crippen LogP contribution is -2.44. The Labute approximate surface area is 178 Å². The molecule has 4 rings (SSSR count). The molecule has 2 heterocycles. The molecule has 1 N–H and O–H groups in total. The second kappa shape index (κ2) is 9.08. The summed E-state index contributed by atoms with van der Waals surface area (Å²) < 4.78 is 0. The first kappa shape index (κ1) is 20.1. The zero-order valence-electron chi connectivity index (χ0n) is 17.6. The van der Waals surface area contributed by atoms with E-state index in [2.05, 4.69) is 24.1 Å². The minimum absolute atomic E-state index is 0.120. The Kier molecular flexibility index (Phi) is 6.07. The summed E-state index contributed by atoms with van der Waals surface area (Å²) >= 11 is 0. The van der Waals surface area contributed by atoms with E-state index in [0.717, 1.165) is 29.9 Å². The van der Waals surface area contributed by atoms with Crippen LogP contribution in [0.5, 0.6) is 0 Å². The second-order valence-corrected chi connectivity index (χ2v) is 8.29. The lowest BCUT2D eigenvalue weighted by atomic mass is 9.92. The van der Waals surface area contributed by atoms with Crippen LogP contribution in [0.25, 0.3) is 22.6 Å². The Bertz CT molecular complexity index is 923. The van der Waals surface area contributed by atoms with E-state index in [-0.39, 0.29) is 12.5 Å². The highest BCUT2D eigenvalue weighted by atomic mass is 16.2. The average Bonchev–Trinajstić information content (AvgIpc) is 2.78. The molecule has 2 unspecified atom stereocenters. The van der Waals surface area contributed by atoms with Crippen LogP contribution < -0.4 is 5.32 Å². The Morgan fingerprint density at radius 2 is 1.53 bits per heavy atom. The van der Waals surface area contributed by atoms with Crippen molar-refractivity contribution in [3.63, 3.8) is 0 Å². The van der Waals surface area contributed by atoms with Crippen LogP contribution in [0.15, 0.2) is 66.7 Å². The van der Waals surface area contributed by atoms with Gasteiger partial charge in [0.1, 0.15) is 5.82 Å². The molecule has 0 aliphatic carbocycles. The SMILES string of the molecule is CC1CC(C)CN(C(=O)CNc2cc(-c3ccccc3)nc(-c3ccccc3)n2)C1. The fourth-order valence-corrected chi connectivity index (χ4v) is 4.16. The third-order valence-electron chi connectivity index (χ3n) is 5.47. The number of hydrogen-bond acceptors (Lipinski definition) is 4. The molecule has 1 aliphatic rings. The van der Waals surface area contributed by atoms with E-state index in [1.807, 2.05) is 71.6 Å². The summed E-state index contributed by atoms with van der Waals surface area (Å²) in [7, 11) is 0. The summed E-state index contributed by atoms with van der Waals surface area (Å²) in [5.41, 5.74) is 2.80. The number of nitrogens with zero attached hydrogens (tertiary/aromatic N) is 3.